The molecule has 6 rings (SSSR count). The Morgan fingerprint density at radius 1 is 0.421 bits per heavy atom. The fourth-order valence-electron chi connectivity index (χ4n) is 5.10. The Bertz CT molecular complexity index is 1430. The highest BCUT2D eigenvalue weighted by Gasteiger charge is 2.18. The molecule has 1 unspecified atom stereocenters. The number of rotatable bonds is 7. The third-order valence-electron chi connectivity index (χ3n) is 6.98. The first-order chi connectivity index (χ1) is 18.9. The molecule has 0 saturated heterocycles. The number of hydrogen-bond donors (Lipinski definition) is 0. The molecule has 0 aromatic heterocycles. The number of allylic oxidation sites excluding steroid dienone is 3. The normalized spacial score (nSPS) is 14.5. The molecule has 0 radical (unpaired) electrons. The molecule has 5 aromatic rings. The molecule has 0 fully saturated rings. The van der Waals surface area contributed by atoms with E-state index in [9.17, 15) is 0 Å². The van der Waals surface area contributed by atoms with Crippen molar-refractivity contribution in [1.29, 1.82) is 0 Å². The van der Waals surface area contributed by atoms with Crippen molar-refractivity contribution in [3.8, 4) is 0 Å². The van der Waals surface area contributed by atoms with Gasteiger partial charge in [-0.15, -0.1) is 0 Å². The summed E-state index contributed by atoms with van der Waals surface area (Å²) in [5.41, 5.74) is 8.32. The Labute approximate surface area is 225 Å². The Kier molecular flexibility index (Phi) is 6.86. The minimum Gasteiger partial charge on any atom is -0.311 e. The molecular weight excluding hydrogens is 460 g/mol. The van der Waals surface area contributed by atoms with E-state index in [0.717, 1.165) is 23.5 Å². The summed E-state index contributed by atoms with van der Waals surface area (Å²) in [6, 6.07) is 51.3. The number of para-hydroxylation sites is 4. The van der Waals surface area contributed by atoms with Crippen molar-refractivity contribution in [3.63, 3.8) is 0 Å². The van der Waals surface area contributed by atoms with E-state index in [-0.39, 0.29) is 0 Å². The highest BCUT2D eigenvalue weighted by molar-refractivity contribution is 5.76. The van der Waals surface area contributed by atoms with Gasteiger partial charge in [0.25, 0.3) is 0 Å². The van der Waals surface area contributed by atoms with Gasteiger partial charge in [-0.25, -0.2) is 0 Å². The van der Waals surface area contributed by atoms with Gasteiger partial charge >= 0.3 is 0 Å². The summed E-state index contributed by atoms with van der Waals surface area (Å²) < 4.78 is 0. The first-order valence-corrected chi connectivity index (χ1v) is 13.2. The first-order valence-electron chi connectivity index (χ1n) is 13.2. The maximum absolute atomic E-state index is 2.36. The highest BCUT2D eigenvalue weighted by atomic mass is 15.1. The van der Waals surface area contributed by atoms with Crippen LogP contribution in [-0.2, 0) is 0 Å². The van der Waals surface area contributed by atoms with Gasteiger partial charge in [-0.1, -0.05) is 97.1 Å². The van der Waals surface area contributed by atoms with Crippen LogP contribution in [0, 0.1) is 0 Å². The average molecular weight is 491 g/mol. The minimum absolute atomic E-state index is 0.350. The van der Waals surface area contributed by atoms with Gasteiger partial charge in [0.15, 0.2) is 0 Å². The van der Waals surface area contributed by atoms with E-state index in [1.807, 2.05) is 0 Å². The molecular formula is C36H30N2. The van der Waals surface area contributed by atoms with Crippen LogP contribution in [0.2, 0.25) is 0 Å². The second-order valence-corrected chi connectivity index (χ2v) is 9.43. The molecule has 0 heterocycles. The molecule has 184 valence electrons. The highest BCUT2D eigenvalue weighted by Crippen LogP contribution is 2.37. The molecule has 1 aliphatic carbocycles. The zero-order valence-electron chi connectivity index (χ0n) is 21.3. The number of hydrogen-bond acceptors (Lipinski definition) is 2. The average Bonchev–Trinajstić information content (AvgIpc) is 3.00. The minimum atomic E-state index is 0.350. The standard InChI is InChI=1S/C36H30N2/c1-5-13-31(14-6-1)37(32-15-7-2-8-16-32)35-25-21-29(22-26-35)30-23-27-36(28-24-30)38(33-17-9-3-10-18-33)34-19-11-4-12-20-34/h1-23,25-28,30H,24H2. The third kappa shape index (κ3) is 5.02. The fraction of sp³-hybridized carbons (Fsp3) is 0.0556. The Hall–Kier alpha value is -4.82. The molecule has 0 aliphatic heterocycles. The van der Waals surface area contributed by atoms with Gasteiger partial charge in [0.1, 0.15) is 0 Å². The zero-order valence-corrected chi connectivity index (χ0v) is 21.3. The Morgan fingerprint density at radius 3 is 1.21 bits per heavy atom. The second-order valence-electron chi connectivity index (χ2n) is 9.43. The van der Waals surface area contributed by atoms with Crippen LogP contribution < -0.4 is 9.80 Å². The first kappa shape index (κ1) is 23.6. The predicted molar refractivity (Wildman–Crippen MR) is 161 cm³/mol. The van der Waals surface area contributed by atoms with E-state index >= 15 is 0 Å². The molecule has 38 heavy (non-hydrogen) atoms. The topological polar surface area (TPSA) is 6.48 Å². The SMILES string of the molecule is C1=CC(c2ccc(N(c3ccccc3)c3ccccc3)cc2)CC=C1N(c1ccccc1)c1ccccc1. The van der Waals surface area contributed by atoms with Gasteiger partial charge < -0.3 is 9.80 Å². The molecule has 0 amide bonds. The molecule has 0 saturated carbocycles. The second kappa shape index (κ2) is 11.1. The maximum atomic E-state index is 2.36. The predicted octanol–water partition coefficient (Wildman–Crippen LogP) is 9.92. The van der Waals surface area contributed by atoms with Gasteiger partial charge in [-0.3, -0.25) is 0 Å². The van der Waals surface area contributed by atoms with Crippen LogP contribution in [0.1, 0.15) is 17.9 Å². The lowest BCUT2D eigenvalue weighted by molar-refractivity contribution is 0.840. The van der Waals surface area contributed by atoms with E-state index in [1.165, 1.54) is 22.6 Å². The smallest absolute Gasteiger partial charge is 0.0461 e. The summed E-state index contributed by atoms with van der Waals surface area (Å²) in [7, 11) is 0. The van der Waals surface area contributed by atoms with E-state index in [1.54, 1.807) is 0 Å². The summed E-state index contributed by atoms with van der Waals surface area (Å²) in [5, 5.41) is 0. The van der Waals surface area contributed by atoms with Gasteiger partial charge in [0.05, 0.1) is 0 Å². The van der Waals surface area contributed by atoms with Crippen molar-refractivity contribution < 1.29 is 0 Å². The van der Waals surface area contributed by atoms with Crippen molar-refractivity contribution in [2.24, 2.45) is 0 Å². The molecule has 0 spiro atoms. The lowest BCUT2D eigenvalue weighted by atomic mass is 9.91. The molecule has 1 atom stereocenters. The lowest BCUT2D eigenvalue weighted by Gasteiger charge is -2.29. The lowest BCUT2D eigenvalue weighted by Crippen LogP contribution is -2.17. The van der Waals surface area contributed by atoms with Crippen molar-refractivity contribution >= 4 is 28.4 Å². The van der Waals surface area contributed by atoms with E-state index in [0.29, 0.717) is 5.92 Å². The number of benzene rings is 5. The summed E-state index contributed by atoms with van der Waals surface area (Å²) in [6.07, 6.45) is 7.93. The Balaban J connectivity index is 1.25. The summed E-state index contributed by atoms with van der Waals surface area (Å²) in [5.74, 6) is 0.350. The van der Waals surface area contributed by atoms with Gasteiger partial charge in [-0.05, 0) is 78.7 Å². The van der Waals surface area contributed by atoms with Gasteiger partial charge in [-0.2, -0.15) is 0 Å². The summed E-state index contributed by atoms with van der Waals surface area (Å²) in [6.45, 7) is 0. The van der Waals surface area contributed by atoms with E-state index in [2.05, 4.69) is 174 Å². The van der Waals surface area contributed by atoms with Crippen LogP contribution in [0.4, 0.5) is 28.4 Å². The van der Waals surface area contributed by atoms with Crippen LogP contribution in [0.5, 0.6) is 0 Å². The van der Waals surface area contributed by atoms with Crippen LogP contribution in [0.15, 0.2) is 170 Å². The van der Waals surface area contributed by atoms with Gasteiger partial charge in [0, 0.05) is 40.1 Å². The molecule has 2 nitrogen and oxygen atoms in total. The monoisotopic (exact) mass is 490 g/mol. The molecule has 0 N–H and O–H groups in total. The van der Waals surface area contributed by atoms with Crippen molar-refractivity contribution in [2.75, 3.05) is 9.80 Å². The van der Waals surface area contributed by atoms with Crippen LogP contribution in [0.3, 0.4) is 0 Å². The largest absolute Gasteiger partial charge is 0.311 e. The molecule has 0 bridgehead atoms. The maximum Gasteiger partial charge on any atom is 0.0461 e. The quantitative estimate of drug-likeness (QED) is 0.224. The summed E-state index contributed by atoms with van der Waals surface area (Å²) >= 11 is 0. The Morgan fingerprint density at radius 2 is 0.816 bits per heavy atom. The molecule has 1 aliphatic rings. The molecule has 2 heteroatoms. The van der Waals surface area contributed by atoms with E-state index in [4.69, 9.17) is 0 Å². The molecule has 5 aromatic carbocycles. The van der Waals surface area contributed by atoms with Gasteiger partial charge in [0.2, 0.25) is 0 Å². The van der Waals surface area contributed by atoms with Crippen molar-refractivity contribution in [2.45, 2.75) is 12.3 Å². The van der Waals surface area contributed by atoms with Crippen molar-refractivity contribution in [1.82, 2.24) is 0 Å². The van der Waals surface area contributed by atoms with E-state index < -0.39 is 0 Å². The zero-order chi connectivity index (χ0) is 25.6. The van der Waals surface area contributed by atoms with Crippen LogP contribution >= 0.6 is 0 Å². The fourth-order valence-corrected chi connectivity index (χ4v) is 5.10. The van der Waals surface area contributed by atoms with Crippen LogP contribution in [0.25, 0.3) is 0 Å². The summed E-state index contributed by atoms with van der Waals surface area (Å²) in [4.78, 5) is 4.63. The third-order valence-corrected chi connectivity index (χ3v) is 6.98. The number of nitrogens with zero attached hydrogens (tertiary/aromatic N) is 2. The number of anilines is 5. The van der Waals surface area contributed by atoms with Crippen LogP contribution in [-0.4, -0.2) is 0 Å². The van der Waals surface area contributed by atoms with Crippen molar-refractivity contribution in [3.05, 3.63) is 175 Å².